The first-order valence-corrected chi connectivity index (χ1v) is 6.88. The summed E-state index contributed by atoms with van der Waals surface area (Å²) in [7, 11) is 1.62. The van der Waals surface area contributed by atoms with Crippen LogP contribution in [0.4, 0.5) is 5.69 Å². The molecule has 1 fully saturated rings. The van der Waals surface area contributed by atoms with Crippen LogP contribution >= 0.6 is 11.6 Å². The van der Waals surface area contributed by atoms with Crippen molar-refractivity contribution >= 4 is 23.2 Å². The van der Waals surface area contributed by atoms with Crippen molar-refractivity contribution in [3.8, 4) is 11.4 Å². The fourth-order valence-electron chi connectivity index (χ4n) is 2.46. The number of benzene rings is 1. The van der Waals surface area contributed by atoms with Gasteiger partial charge in [0.1, 0.15) is 5.75 Å². The molecule has 0 spiro atoms. The first kappa shape index (κ1) is 13.1. The Morgan fingerprint density at radius 2 is 2.00 bits per heavy atom. The van der Waals surface area contributed by atoms with Gasteiger partial charge in [-0.15, -0.1) is 11.6 Å². The first-order chi connectivity index (χ1) is 9.69. The van der Waals surface area contributed by atoms with E-state index in [1.54, 1.807) is 12.0 Å². The van der Waals surface area contributed by atoms with E-state index in [0.717, 1.165) is 17.1 Å². The van der Waals surface area contributed by atoms with E-state index in [9.17, 15) is 4.79 Å². The van der Waals surface area contributed by atoms with Crippen LogP contribution in [0.25, 0.3) is 5.69 Å². The van der Waals surface area contributed by atoms with Gasteiger partial charge in [0.2, 0.25) is 5.91 Å². The number of carbonyl (C=O) groups is 1. The van der Waals surface area contributed by atoms with Gasteiger partial charge < -0.3 is 14.2 Å². The Morgan fingerprint density at radius 1 is 1.25 bits per heavy atom. The van der Waals surface area contributed by atoms with Crippen molar-refractivity contribution in [3.05, 3.63) is 42.7 Å². The number of rotatable bonds is 3. The van der Waals surface area contributed by atoms with E-state index in [1.807, 2.05) is 47.3 Å². The molecule has 0 radical (unpaired) electrons. The van der Waals surface area contributed by atoms with Crippen LogP contribution < -0.4 is 9.64 Å². The average Bonchev–Trinajstić information content (AvgIpc) is 3.07. The third kappa shape index (κ3) is 2.27. The number of carbonyl (C=O) groups excluding carboxylic acids is 1. The van der Waals surface area contributed by atoms with Gasteiger partial charge in [-0.3, -0.25) is 4.79 Å². The van der Waals surface area contributed by atoms with E-state index in [-0.39, 0.29) is 11.3 Å². The summed E-state index contributed by atoms with van der Waals surface area (Å²) in [6.07, 6.45) is 4.28. The van der Waals surface area contributed by atoms with E-state index >= 15 is 0 Å². The average molecular weight is 291 g/mol. The Kier molecular flexibility index (Phi) is 3.40. The molecule has 104 valence electrons. The minimum atomic E-state index is -0.133. The molecule has 1 unspecified atom stereocenters. The molecule has 0 bridgehead atoms. The van der Waals surface area contributed by atoms with Crippen LogP contribution in [0.15, 0.2) is 42.7 Å². The molecule has 1 aliphatic heterocycles. The zero-order chi connectivity index (χ0) is 14.1. The quantitative estimate of drug-likeness (QED) is 0.815. The van der Waals surface area contributed by atoms with Crippen LogP contribution in [0.5, 0.6) is 5.75 Å². The van der Waals surface area contributed by atoms with E-state index in [1.165, 1.54) is 0 Å². The zero-order valence-corrected chi connectivity index (χ0v) is 11.9. The van der Waals surface area contributed by atoms with Gasteiger partial charge in [-0.05, 0) is 24.3 Å². The van der Waals surface area contributed by atoms with Crippen molar-refractivity contribution < 1.29 is 9.53 Å². The number of hydrogen-bond acceptors (Lipinski definition) is 2. The fraction of sp³-hybridized carbons (Fsp3) is 0.267. The monoisotopic (exact) mass is 290 g/mol. The van der Waals surface area contributed by atoms with Crippen molar-refractivity contribution in [2.45, 2.75) is 11.8 Å². The second-order valence-electron chi connectivity index (χ2n) is 4.75. The highest BCUT2D eigenvalue weighted by Gasteiger charge is 2.31. The first-order valence-electron chi connectivity index (χ1n) is 6.45. The smallest absolute Gasteiger partial charge is 0.228 e. The summed E-state index contributed by atoms with van der Waals surface area (Å²) in [5.74, 6) is 0.772. The van der Waals surface area contributed by atoms with Gasteiger partial charge in [0, 0.05) is 31.4 Å². The maximum Gasteiger partial charge on any atom is 0.228 e. The summed E-state index contributed by atoms with van der Waals surface area (Å²) >= 11 is 6.10. The Hall–Kier alpha value is -1.94. The van der Waals surface area contributed by atoms with E-state index < -0.39 is 0 Å². The topological polar surface area (TPSA) is 34.5 Å². The van der Waals surface area contributed by atoms with Crippen LogP contribution in [-0.2, 0) is 4.79 Å². The minimum absolute atomic E-state index is 0.0478. The molecule has 0 aliphatic carbocycles. The standard InChI is InChI=1S/C15H15ClN2O2/c1-20-12-4-5-13(17-6-2-3-7-17)14(9-12)18-10-11(16)8-15(18)19/h2-7,9,11H,8,10H2,1H3. The van der Waals surface area contributed by atoms with Gasteiger partial charge in [0.15, 0.2) is 0 Å². The van der Waals surface area contributed by atoms with Crippen molar-refractivity contribution in [1.29, 1.82) is 0 Å². The second kappa shape index (κ2) is 5.21. The maximum absolute atomic E-state index is 12.1. The summed E-state index contributed by atoms with van der Waals surface area (Å²) in [4.78, 5) is 13.8. The fourth-order valence-corrected chi connectivity index (χ4v) is 2.73. The lowest BCUT2D eigenvalue weighted by Gasteiger charge is -2.21. The number of amides is 1. The maximum atomic E-state index is 12.1. The van der Waals surface area contributed by atoms with Gasteiger partial charge in [-0.25, -0.2) is 0 Å². The van der Waals surface area contributed by atoms with Crippen LogP contribution in [0.3, 0.4) is 0 Å². The summed E-state index contributed by atoms with van der Waals surface area (Å²) in [6.45, 7) is 0.530. The molecule has 5 heteroatoms. The molecule has 1 saturated heterocycles. The lowest BCUT2D eigenvalue weighted by Crippen LogP contribution is -2.26. The number of nitrogens with zero attached hydrogens (tertiary/aromatic N) is 2. The van der Waals surface area contributed by atoms with Crippen LogP contribution in [0.2, 0.25) is 0 Å². The van der Waals surface area contributed by atoms with Crippen molar-refractivity contribution in [1.82, 2.24) is 4.57 Å². The molecule has 20 heavy (non-hydrogen) atoms. The van der Waals surface area contributed by atoms with Gasteiger partial charge in [0.05, 0.1) is 23.9 Å². The Morgan fingerprint density at radius 3 is 2.60 bits per heavy atom. The summed E-state index contributed by atoms with van der Waals surface area (Å²) in [5.41, 5.74) is 1.77. The highest BCUT2D eigenvalue weighted by Crippen LogP contribution is 2.33. The van der Waals surface area contributed by atoms with E-state index in [4.69, 9.17) is 16.3 Å². The van der Waals surface area contributed by atoms with Gasteiger partial charge in [-0.1, -0.05) is 0 Å². The summed E-state index contributed by atoms with van der Waals surface area (Å²) in [5, 5.41) is -0.133. The largest absolute Gasteiger partial charge is 0.497 e. The predicted octanol–water partition coefficient (Wildman–Crippen LogP) is 2.83. The molecular formula is C15H15ClN2O2. The van der Waals surface area contributed by atoms with Gasteiger partial charge >= 0.3 is 0 Å². The van der Waals surface area contributed by atoms with Gasteiger partial charge in [-0.2, -0.15) is 0 Å². The Labute approximate surface area is 122 Å². The molecule has 2 heterocycles. The van der Waals surface area contributed by atoms with E-state index in [2.05, 4.69) is 0 Å². The van der Waals surface area contributed by atoms with Crippen LogP contribution in [-0.4, -0.2) is 29.5 Å². The minimum Gasteiger partial charge on any atom is -0.497 e. The predicted molar refractivity (Wildman–Crippen MR) is 78.9 cm³/mol. The molecule has 0 N–H and O–H groups in total. The van der Waals surface area contributed by atoms with Crippen molar-refractivity contribution in [2.75, 3.05) is 18.6 Å². The van der Waals surface area contributed by atoms with Crippen molar-refractivity contribution in [2.24, 2.45) is 0 Å². The number of hydrogen-bond donors (Lipinski definition) is 0. The third-order valence-electron chi connectivity index (χ3n) is 3.43. The van der Waals surface area contributed by atoms with Crippen molar-refractivity contribution in [3.63, 3.8) is 0 Å². The molecule has 4 nitrogen and oxygen atoms in total. The highest BCUT2D eigenvalue weighted by molar-refractivity contribution is 6.24. The molecular weight excluding hydrogens is 276 g/mol. The number of ether oxygens (including phenoxy) is 1. The zero-order valence-electron chi connectivity index (χ0n) is 11.1. The third-order valence-corrected chi connectivity index (χ3v) is 3.73. The molecule has 2 aromatic rings. The number of alkyl halides is 1. The van der Waals surface area contributed by atoms with Crippen LogP contribution in [0, 0.1) is 0 Å². The number of aromatic nitrogens is 1. The Bertz CT molecular complexity index is 625. The molecule has 1 aromatic heterocycles. The molecule has 1 aromatic carbocycles. The molecule has 1 amide bonds. The summed E-state index contributed by atoms with van der Waals surface area (Å²) in [6, 6.07) is 9.61. The normalized spacial score (nSPS) is 18.6. The lowest BCUT2D eigenvalue weighted by molar-refractivity contribution is -0.117. The molecule has 1 atom stereocenters. The van der Waals surface area contributed by atoms with Gasteiger partial charge in [0.25, 0.3) is 0 Å². The number of methoxy groups -OCH3 is 1. The molecule has 1 aliphatic rings. The molecule has 3 rings (SSSR count). The summed E-state index contributed by atoms with van der Waals surface area (Å²) < 4.78 is 7.24. The highest BCUT2D eigenvalue weighted by atomic mass is 35.5. The SMILES string of the molecule is COc1ccc(-n2cccc2)c(N2CC(Cl)CC2=O)c1. The Balaban J connectivity index is 2.09. The van der Waals surface area contributed by atoms with Crippen LogP contribution in [0.1, 0.15) is 6.42 Å². The van der Waals surface area contributed by atoms with E-state index in [0.29, 0.717) is 13.0 Å². The lowest BCUT2D eigenvalue weighted by atomic mass is 10.2. The number of halogens is 1. The molecule has 0 saturated carbocycles. The second-order valence-corrected chi connectivity index (χ2v) is 5.37. The number of anilines is 1.